The van der Waals surface area contributed by atoms with E-state index in [2.05, 4.69) is 48.0 Å². The van der Waals surface area contributed by atoms with E-state index in [4.69, 9.17) is 30.5 Å². The number of nitrogens with zero attached hydrogens (tertiary/aromatic N) is 2. The Labute approximate surface area is 229 Å². The summed E-state index contributed by atoms with van der Waals surface area (Å²) in [6.07, 6.45) is -2.92. The summed E-state index contributed by atoms with van der Waals surface area (Å²) in [6, 6.07) is 8.88. The van der Waals surface area contributed by atoms with Gasteiger partial charge in [0.1, 0.15) is 0 Å². The number of aromatic nitrogens is 1. The van der Waals surface area contributed by atoms with Crippen molar-refractivity contribution in [2.45, 2.75) is 51.0 Å². The van der Waals surface area contributed by atoms with Crippen molar-refractivity contribution in [1.29, 1.82) is 0 Å². The number of amidine groups is 1. The molecule has 4 N–H and O–H groups in total. The third kappa shape index (κ3) is 8.64. The molecular weight excluding hydrogens is 564 g/mol. The second-order valence-corrected chi connectivity index (χ2v) is 9.85. The van der Waals surface area contributed by atoms with Gasteiger partial charge in [-0.2, -0.15) is 26.3 Å². The molecule has 0 amide bonds. The maximum absolute atomic E-state index is 10.6. The Kier molecular flexibility index (Phi) is 10.6. The van der Waals surface area contributed by atoms with E-state index < -0.39 is 24.3 Å². The summed E-state index contributed by atoms with van der Waals surface area (Å²) < 4.78 is 63.5. The van der Waals surface area contributed by atoms with Gasteiger partial charge in [-0.05, 0) is 67.9 Å². The van der Waals surface area contributed by atoms with Crippen LogP contribution < -0.4 is 5.73 Å². The average Bonchev–Trinajstić information content (AvgIpc) is 2.99. The van der Waals surface area contributed by atoms with E-state index in [1.807, 2.05) is 19.3 Å². The van der Waals surface area contributed by atoms with E-state index >= 15 is 0 Å². The fourth-order valence-electron chi connectivity index (χ4n) is 4.14. The van der Waals surface area contributed by atoms with Crippen LogP contribution in [0.15, 0.2) is 41.7 Å². The van der Waals surface area contributed by atoms with Gasteiger partial charge in [-0.15, -0.1) is 5.92 Å². The molecule has 2 atom stereocenters. The van der Waals surface area contributed by atoms with Gasteiger partial charge < -0.3 is 15.9 Å². The van der Waals surface area contributed by atoms with E-state index in [1.165, 1.54) is 29.5 Å². The molecule has 4 rings (SSSR count). The lowest BCUT2D eigenvalue weighted by molar-refractivity contribution is -0.193. The number of pyridine rings is 1. The van der Waals surface area contributed by atoms with Crippen LogP contribution in [0.5, 0.6) is 0 Å². The second kappa shape index (κ2) is 13.1. The van der Waals surface area contributed by atoms with Crippen LogP contribution in [0.4, 0.5) is 26.3 Å². The van der Waals surface area contributed by atoms with Crippen molar-refractivity contribution in [3.05, 3.63) is 53.3 Å². The fraction of sp³-hybridized carbons (Fsp3) is 0.385. The molecule has 1 aromatic heterocycles. The fourth-order valence-corrected chi connectivity index (χ4v) is 5.26. The number of carboxylic acids is 2. The molecule has 0 bridgehead atoms. The first-order valence-corrected chi connectivity index (χ1v) is 12.6. The van der Waals surface area contributed by atoms with E-state index in [-0.39, 0.29) is 5.54 Å². The minimum Gasteiger partial charge on any atom is -0.475 e. The zero-order valence-corrected chi connectivity index (χ0v) is 22.0. The molecule has 0 saturated heterocycles. The van der Waals surface area contributed by atoms with Crippen molar-refractivity contribution >= 4 is 28.9 Å². The quantitative estimate of drug-likeness (QED) is 0.291. The number of aliphatic carboxylic acids is 2. The van der Waals surface area contributed by atoms with Gasteiger partial charge in [0.2, 0.25) is 0 Å². The number of carboxylic acid groups (broad SMARTS) is 2. The molecule has 0 radical (unpaired) electrons. The van der Waals surface area contributed by atoms with Crippen LogP contribution in [0, 0.1) is 17.8 Å². The van der Waals surface area contributed by atoms with Crippen LogP contribution in [0.1, 0.15) is 43.4 Å². The van der Waals surface area contributed by atoms with Crippen molar-refractivity contribution in [1.82, 2.24) is 4.98 Å². The maximum Gasteiger partial charge on any atom is 0.490 e. The van der Waals surface area contributed by atoms with Crippen LogP contribution in [0.2, 0.25) is 0 Å². The highest BCUT2D eigenvalue weighted by Crippen LogP contribution is 2.46. The first-order chi connectivity index (χ1) is 18.5. The number of fused-ring (bicyclic) bond motifs is 3. The number of aliphatic imine (C=N–C) groups is 1. The zero-order valence-electron chi connectivity index (χ0n) is 21.2. The first kappa shape index (κ1) is 32.5. The molecule has 1 aliphatic heterocycles. The predicted octanol–water partition coefficient (Wildman–Crippen LogP) is 5.62. The standard InChI is InChI=1S/C22H23N3S.2C2HF3O2/c1-3-5-15-10-18(13-24-12-15)17-9-8-16-6-4-7-19-14-26-21(23)25-22(19,2)20(16)11-17;2*3-2(4,5)1(6)7/h8-13,19H,4,6-7,14H2,1-2H3,(H2,23,25);2*(H,6,7)/t19-,22+;;/m1../s1. The average molecular weight is 590 g/mol. The Morgan fingerprint density at radius 1 is 1.05 bits per heavy atom. The van der Waals surface area contributed by atoms with Crippen LogP contribution in [0.3, 0.4) is 0 Å². The van der Waals surface area contributed by atoms with Gasteiger partial charge in [0.05, 0.1) is 5.54 Å². The van der Waals surface area contributed by atoms with Crippen molar-refractivity contribution in [2.24, 2.45) is 16.6 Å². The number of hydrogen-bond acceptors (Lipinski definition) is 6. The van der Waals surface area contributed by atoms with Crippen LogP contribution in [-0.2, 0) is 21.5 Å². The third-order valence-electron chi connectivity index (χ3n) is 6.05. The molecule has 0 saturated carbocycles. The lowest BCUT2D eigenvalue weighted by Gasteiger charge is -2.37. The normalized spacial score (nSPS) is 19.8. The van der Waals surface area contributed by atoms with E-state index in [1.54, 1.807) is 11.8 Å². The number of thioether (sulfide) groups is 1. The van der Waals surface area contributed by atoms with Gasteiger partial charge in [0.25, 0.3) is 0 Å². The largest absolute Gasteiger partial charge is 0.490 e. The van der Waals surface area contributed by atoms with Gasteiger partial charge in [-0.1, -0.05) is 29.8 Å². The highest BCUT2D eigenvalue weighted by molar-refractivity contribution is 8.13. The monoisotopic (exact) mass is 589 g/mol. The zero-order chi connectivity index (χ0) is 30.3. The molecule has 0 fully saturated rings. The molecule has 2 heterocycles. The number of nitrogens with two attached hydrogens (primary N) is 1. The second-order valence-electron chi connectivity index (χ2n) is 8.81. The Bertz CT molecular complexity index is 1310. The summed E-state index contributed by atoms with van der Waals surface area (Å²) >= 11 is 1.70. The summed E-state index contributed by atoms with van der Waals surface area (Å²) in [5, 5.41) is 15.0. The number of benzene rings is 1. The predicted molar refractivity (Wildman–Crippen MR) is 137 cm³/mol. The Morgan fingerprint density at radius 2 is 1.65 bits per heavy atom. The van der Waals surface area contributed by atoms with Gasteiger partial charge in [0.15, 0.2) is 5.17 Å². The van der Waals surface area contributed by atoms with Gasteiger partial charge in [-0.3, -0.25) is 9.98 Å². The van der Waals surface area contributed by atoms with E-state index in [0.717, 1.165) is 23.3 Å². The molecular formula is C26H25F6N3O4S. The number of rotatable bonds is 1. The number of halogens is 6. The number of hydrogen-bond donors (Lipinski definition) is 3. The molecule has 1 aliphatic carbocycles. The number of aryl methyl sites for hydroxylation is 1. The lowest BCUT2D eigenvalue weighted by Crippen LogP contribution is -2.37. The van der Waals surface area contributed by atoms with Crippen LogP contribution in [-0.4, -0.2) is 50.4 Å². The molecule has 40 heavy (non-hydrogen) atoms. The van der Waals surface area contributed by atoms with Crippen LogP contribution >= 0.6 is 11.8 Å². The molecule has 2 aromatic rings. The lowest BCUT2D eigenvalue weighted by atomic mass is 9.78. The molecule has 7 nitrogen and oxygen atoms in total. The van der Waals surface area contributed by atoms with Crippen molar-refractivity contribution in [2.75, 3.05) is 5.75 Å². The summed E-state index contributed by atoms with van der Waals surface area (Å²) in [5.74, 6) is 2.11. The summed E-state index contributed by atoms with van der Waals surface area (Å²) in [6.45, 7) is 4.11. The molecule has 1 aromatic carbocycles. The smallest absolute Gasteiger partial charge is 0.475 e. The summed E-state index contributed by atoms with van der Waals surface area (Å²) in [7, 11) is 0. The highest BCUT2D eigenvalue weighted by atomic mass is 32.2. The van der Waals surface area contributed by atoms with E-state index in [9.17, 15) is 26.3 Å². The van der Waals surface area contributed by atoms with Crippen molar-refractivity contribution in [3.8, 4) is 23.0 Å². The minimum absolute atomic E-state index is 0.231. The molecule has 2 aliphatic rings. The summed E-state index contributed by atoms with van der Waals surface area (Å²) in [4.78, 5) is 27.1. The van der Waals surface area contributed by atoms with Crippen LogP contribution in [0.25, 0.3) is 11.1 Å². The van der Waals surface area contributed by atoms with Gasteiger partial charge >= 0.3 is 24.3 Å². The SMILES string of the molecule is CC#Cc1cncc(-c2ccc3c(c2)[C@@]2(C)N=C(N)SC[C@H]2CCC3)c1.O=C(O)C(F)(F)F.O=C(O)C(F)(F)F. The van der Waals surface area contributed by atoms with E-state index in [0.29, 0.717) is 11.1 Å². The summed E-state index contributed by atoms with van der Waals surface area (Å²) in [5.41, 5.74) is 11.8. The third-order valence-corrected chi connectivity index (χ3v) is 7.01. The Hall–Kier alpha value is -3.73. The number of alkyl halides is 6. The topological polar surface area (TPSA) is 126 Å². The Balaban J connectivity index is 0.000000333. The highest BCUT2D eigenvalue weighted by Gasteiger charge is 2.42. The van der Waals surface area contributed by atoms with Gasteiger partial charge in [-0.25, -0.2) is 9.59 Å². The van der Waals surface area contributed by atoms with Crippen molar-refractivity contribution in [3.63, 3.8) is 0 Å². The minimum atomic E-state index is -5.08. The number of carbonyl (C=O) groups is 2. The Morgan fingerprint density at radius 3 is 2.20 bits per heavy atom. The van der Waals surface area contributed by atoms with Gasteiger partial charge in [0, 0.05) is 29.3 Å². The molecule has 14 heteroatoms. The maximum atomic E-state index is 10.6. The molecule has 216 valence electrons. The first-order valence-electron chi connectivity index (χ1n) is 11.6. The molecule has 0 unspecified atom stereocenters. The molecule has 0 spiro atoms. The van der Waals surface area contributed by atoms with Crippen molar-refractivity contribution < 1.29 is 46.1 Å².